The lowest BCUT2D eigenvalue weighted by Crippen LogP contribution is -2.49. The predicted octanol–water partition coefficient (Wildman–Crippen LogP) is 3.70. The van der Waals surface area contributed by atoms with Crippen LogP contribution in [0.3, 0.4) is 0 Å². The molecule has 3 fully saturated rings. The Bertz CT molecular complexity index is 924. The smallest absolute Gasteiger partial charge is 0.243 e. The van der Waals surface area contributed by atoms with E-state index in [2.05, 4.69) is 65.2 Å². The Labute approximate surface area is 179 Å². The molecule has 2 aromatic carbocycles. The summed E-state index contributed by atoms with van der Waals surface area (Å²) in [5, 5.41) is 0. The van der Waals surface area contributed by atoms with Crippen molar-refractivity contribution in [1.29, 1.82) is 0 Å². The first-order valence-electron chi connectivity index (χ1n) is 11.0. The average Bonchev–Trinajstić information content (AvgIpc) is 3.39. The molecule has 2 aromatic rings. The fourth-order valence-corrected chi connectivity index (χ4v) is 5.98. The summed E-state index contributed by atoms with van der Waals surface area (Å²) in [6.07, 6.45) is 3.19. The van der Waals surface area contributed by atoms with Crippen LogP contribution < -0.4 is 9.64 Å². The van der Waals surface area contributed by atoms with Gasteiger partial charge in [0.25, 0.3) is 0 Å². The highest BCUT2D eigenvalue weighted by Gasteiger charge is 2.64. The Morgan fingerprint density at radius 2 is 1.83 bits per heavy atom. The minimum atomic E-state index is -0.280. The van der Waals surface area contributed by atoms with Crippen molar-refractivity contribution >= 4 is 11.6 Å². The average molecular weight is 406 g/mol. The van der Waals surface area contributed by atoms with Crippen LogP contribution in [0.4, 0.5) is 5.69 Å². The highest BCUT2D eigenvalue weighted by molar-refractivity contribution is 5.90. The fourth-order valence-electron chi connectivity index (χ4n) is 5.98. The van der Waals surface area contributed by atoms with E-state index in [4.69, 9.17) is 4.74 Å². The number of nitrogens with zero attached hydrogens (tertiary/aromatic N) is 3. The van der Waals surface area contributed by atoms with Crippen LogP contribution in [0.25, 0.3) is 0 Å². The molecular weight excluding hydrogens is 374 g/mol. The summed E-state index contributed by atoms with van der Waals surface area (Å²) in [5.74, 6) is 1.62. The number of hydrogen-bond acceptors (Lipinski definition) is 4. The molecule has 3 aliphatic heterocycles. The van der Waals surface area contributed by atoms with Crippen LogP contribution in [0, 0.1) is 5.92 Å². The van der Waals surface area contributed by atoms with E-state index in [-0.39, 0.29) is 5.54 Å². The zero-order valence-corrected chi connectivity index (χ0v) is 18.2. The van der Waals surface area contributed by atoms with Gasteiger partial charge in [0.05, 0.1) is 7.11 Å². The molecule has 30 heavy (non-hydrogen) atoms. The molecule has 1 spiro atoms. The lowest BCUT2D eigenvalue weighted by molar-refractivity contribution is -0.137. The fraction of sp³-hybridized carbons (Fsp3) is 0.480. The number of amides is 1. The standard InChI is InChI=1S/C25H31N3O2/c1-26(2)21-9-7-19(8-10-21)23-15-20-17-27(16-18-5-11-22(30-3)12-6-18)24(29)25(20)13-4-14-28(23)25/h5-12,20,23H,4,13-17H2,1-3H3/t20-,23-,25-/m0/s1. The van der Waals surface area contributed by atoms with Crippen LogP contribution in [-0.2, 0) is 11.3 Å². The highest BCUT2D eigenvalue weighted by Crippen LogP contribution is 2.56. The van der Waals surface area contributed by atoms with Gasteiger partial charge in [0, 0.05) is 44.8 Å². The second-order valence-electron chi connectivity index (χ2n) is 9.19. The van der Waals surface area contributed by atoms with Crippen molar-refractivity contribution in [3.63, 3.8) is 0 Å². The van der Waals surface area contributed by atoms with Crippen LogP contribution in [0.15, 0.2) is 48.5 Å². The van der Waals surface area contributed by atoms with Gasteiger partial charge in [-0.2, -0.15) is 0 Å². The van der Waals surface area contributed by atoms with E-state index in [0.717, 1.165) is 38.1 Å². The molecular formula is C25H31N3O2. The van der Waals surface area contributed by atoms with E-state index in [1.54, 1.807) is 7.11 Å². The Hall–Kier alpha value is -2.53. The normalized spacial score (nSPS) is 28.0. The zero-order valence-electron chi connectivity index (χ0n) is 18.2. The van der Waals surface area contributed by atoms with Crippen LogP contribution >= 0.6 is 0 Å². The molecule has 0 aliphatic carbocycles. The Kier molecular flexibility index (Phi) is 4.73. The summed E-state index contributed by atoms with van der Waals surface area (Å²) in [7, 11) is 5.82. The van der Waals surface area contributed by atoms with Crippen molar-refractivity contribution in [3.8, 4) is 5.75 Å². The van der Waals surface area contributed by atoms with Gasteiger partial charge in [-0.25, -0.2) is 0 Å². The van der Waals surface area contributed by atoms with Gasteiger partial charge in [-0.05, 0) is 61.2 Å². The van der Waals surface area contributed by atoms with Gasteiger partial charge in [-0.1, -0.05) is 24.3 Å². The number of hydrogen-bond donors (Lipinski definition) is 0. The molecule has 0 aromatic heterocycles. The van der Waals surface area contributed by atoms with E-state index in [1.165, 1.54) is 16.8 Å². The van der Waals surface area contributed by atoms with Gasteiger partial charge >= 0.3 is 0 Å². The van der Waals surface area contributed by atoms with Crippen molar-refractivity contribution in [2.75, 3.05) is 39.2 Å². The third-order valence-electron chi connectivity index (χ3n) is 7.45. The molecule has 5 rings (SSSR count). The Balaban J connectivity index is 1.36. The van der Waals surface area contributed by atoms with Crippen LogP contribution in [0.1, 0.15) is 36.4 Å². The van der Waals surface area contributed by atoms with E-state index < -0.39 is 0 Å². The van der Waals surface area contributed by atoms with Crippen molar-refractivity contribution in [1.82, 2.24) is 9.80 Å². The molecule has 3 saturated heterocycles. The molecule has 3 aliphatic rings. The van der Waals surface area contributed by atoms with Crippen LogP contribution in [0.2, 0.25) is 0 Å². The lowest BCUT2D eigenvalue weighted by Gasteiger charge is -2.33. The largest absolute Gasteiger partial charge is 0.497 e. The van der Waals surface area contributed by atoms with Crippen molar-refractivity contribution < 1.29 is 9.53 Å². The summed E-state index contributed by atoms with van der Waals surface area (Å²) in [4.78, 5) is 20.5. The molecule has 158 valence electrons. The number of carbonyl (C=O) groups excluding carboxylic acids is 1. The van der Waals surface area contributed by atoms with Gasteiger partial charge in [-0.3, -0.25) is 9.69 Å². The minimum Gasteiger partial charge on any atom is -0.497 e. The topological polar surface area (TPSA) is 36.0 Å². The molecule has 0 unspecified atom stereocenters. The Morgan fingerprint density at radius 1 is 1.10 bits per heavy atom. The summed E-state index contributed by atoms with van der Waals surface area (Å²) < 4.78 is 5.26. The SMILES string of the molecule is COc1ccc(CN2C[C@@H]3C[C@@H](c4ccc(N(C)C)cc4)N4CCC[C@@]34C2=O)cc1. The maximum absolute atomic E-state index is 13.7. The monoisotopic (exact) mass is 405 g/mol. The predicted molar refractivity (Wildman–Crippen MR) is 119 cm³/mol. The second-order valence-corrected chi connectivity index (χ2v) is 9.19. The first-order valence-corrected chi connectivity index (χ1v) is 11.0. The van der Waals surface area contributed by atoms with Crippen molar-refractivity contribution in [2.45, 2.75) is 37.4 Å². The molecule has 1 amide bonds. The van der Waals surface area contributed by atoms with Gasteiger partial charge < -0.3 is 14.5 Å². The summed E-state index contributed by atoms with van der Waals surface area (Å²) in [5.41, 5.74) is 3.46. The molecule has 0 N–H and O–H groups in total. The highest BCUT2D eigenvalue weighted by atomic mass is 16.5. The molecule has 0 bridgehead atoms. The molecule has 5 heteroatoms. The molecule has 3 heterocycles. The Morgan fingerprint density at radius 3 is 2.50 bits per heavy atom. The summed E-state index contributed by atoms with van der Waals surface area (Å²) in [6, 6.07) is 17.4. The number of rotatable bonds is 5. The maximum Gasteiger partial charge on any atom is 0.243 e. The number of carbonyl (C=O) groups is 1. The van der Waals surface area contributed by atoms with E-state index in [1.807, 2.05) is 12.1 Å². The molecule has 3 atom stereocenters. The number of ether oxygens (including phenoxy) is 1. The third kappa shape index (κ3) is 2.90. The quantitative estimate of drug-likeness (QED) is 0.760. The molecule has 5 nitrogen and oxygen atoms in total. The summed E-state index contributed by atoms with van der Waals surface area (Å²) in [6.45, 7) is 2.59. The van der Waals surface area contributed by atoms with E-state index >= 15 is 0 Å². The number of benzene rings is 2. The van der Waals surface area contributed by atoms with Crippen LogP contribution in [0.5, 0.6) is 5.75 Å². The third-order valence-corrected chi connectivity index (χ3v) is 7.45. The van der Waals surface area contributed by atoms with E-state index in [9.17, 15) is 4.79 Å². The van der Waals surface area contributed by atoms with Crippen LogP contribution in [-0.4, -0.2) is 55.5 Å². The molecule has 0 saturated carbocycles. The number of methoxy groups -OCH3 is 1. The zero-order chi connectivity index (χ0) is 20.9. The van der Waals surface area contributed by atoms with Gasteiger partial charge in [0.1, 0.15) is 11.3 Å². The second kappa shape index (κ2) is 7.31. The lowest BCUT2D eigenvalue weighted by atomic mass is 9.85. The van der Waals surface area contributed by atoms with Gasteiger partial charge in [-0.15, -0.1) is 0 Å². The summed E-state index contributed by atoms with van der Waals surface area (Å²) >= 11 is 0. The number of anilines is 1. The van der Waals surface area contributed by atoms with Crippen molar-refractivity contribution in [3.05, 3.63) is 59.7 Å². The maximum atomic E-state index is 13.7. The van der Waals surface area contributed by atoms with Crippen molar-refractivity contribution in [2.24, 2.45) is 5.92 Å². The van der Waals surface area contributed by atoms with E-state index in [0.29, 0.717) is 24.4 Å². The first kappa shape index (κ1) is 19.4. The minimum absolute atomic E-state index is 0.280. The van der Waals surface area contributed by atoms with Gasteiger partial charge in [0.2, 0.25) is 5.91 Å². The van der Waals surface area contributed by atoms with Gasteiger partial charge in [0.15, 0.2) is 0 Å². The molecule has 0 radical (unpaired) electrons. The number of likely N-dealkylation sites (tertiary alicyclic amines) is 1. The first-order chi connectivity index (χ1) is 14.5.